The average Bonchev–Trinajstić information content (AvgIpc) is 2.61. The number of carbonyl (C=O) groups is 1. The Bertz CT molecular complexity index is 788. The fourth-order valence-corrected chi connectivity index (χ4v) is 5.52. The van der Waals surface area contributed by atoms with Crippen molar-refractivity contribution in [2.24, 2.45) is 5.92 Å². The first kappa shape index (κ1) is 18.4. The van der Waals surface area contributed by atoms with Gasteiger partial charge in [-0.15, -0.1) is 0 Å². The molecule has 27 heavy (non-hydrogen) atoms. The number of Topliss-reactive ketones (excluding diaryl/α,β-unsaturated/α-hetero) is 1. The van der Waals surface area contributed by atoms with Crippen molar-refractivity contribution >= 4 is 5.78 Å². The lowest BCUT2D eigenvalue weighted by molar-refractivity contribution is 0.00902. The topological polar surface area (TPSA) is 20.3 Å². The van der Waals surface area contributed by atoms with Crippen molar-refractivity contribution in [3.63, 3.8) is 0 Å². The molecule has 2 saturated heterocycles. The van der Waals surface area contributed by atoms with Crippen LogP contribution in [-0.2, 0) is 6.54 Å². The first-order valence-electron chi connectivity index (χ1n) is 10.4. The normalized spacial score (nSPS) is 25.4. The molecule has 2 unspecified atom stereocenters. The Morgan fingerprint density at radius 3 is 2.15 bits per heavy atom. The van der Waals surface area contributed by atoms with Gasteiger partial charge in [0.1, 0.15) is 0 Å². The van der Waals surface area contributed by atoms with E-state index in [1.54, 1.807) is 0 Å². The molecule has 0 saturated carbocycles. The summed E-state index contributed by atoms with van der Waals surface area (Å²) in [5.74, 6) is 0.577. The second kappa shape index (κ2) is 7.59. The molecule has 142 valence electrons. The molecule has 2 nitrogen and oxygen atoms in total. The van der Waals surface area contributed by atoms with Crippen LogP contribution in [0.4, 0.5) is 0 Å². The van der Waals surface area contributed by atoms with Gasteiger partial charge in [-0.2, -0.15) is 0 Å². The zero-order chi connectivity index (χ0) is 19.0. The predicted octanol–water partition coefficient (Wildman–Crippen LogP) is 5.63. The van der Waals surface area contributed by atoms with Gasteiger partial charge >= 0.3 is 0 Å². The molecule has 0 spiro atoms. The maximum atomic E-state index is 13.4. The van der Waals surface area contributed by atoms with E-state index in [9.17, 15) is 4.79 Å². The fraction of sp³-hybridized carbons (Fsp3) is 0.480. The fourth-order valence-electron chi connectivity index (χ4n) is 5.52. The van der Waals surface area contributed by atoms with Crippen molar-refractivity contribution in [1.29, 1.82) is 0 Å². The summed E-state index contributed by atoms with van der Waals surface area (Å²) in [5.41, 5.74) is 5.92. The number of aryl methyl sites for hydroxylation is 3. The standard InChI is InChI=1S/C25H31NO/c1-17-12-18(2)24(19(3)13-17)25(27)21-14-22-10-7-11-23(15-21)26(22)16-20-8-5-4-6-9-20/h4-6,8-9,12-13,21-23H,7,10-11,14-16H2,1-3H3. The highest BCUT2D eigenvalue weighted by atomic mass is 16.1. The number of fused-ring (bicyclic) bond motifs is 2. The SMILES string of the molecule is Cc1cc(C)c(C(=O)C2CC3CCCC(C2)N3Cc2ccccc2)c(C)c1. The third-order valence-corrected chi connectivity index (χ3v) is 6.63. The highest BCUT2D eigenvalue weighted by Crippen LogP contribution is 2.39. The summed E-state index contributed by atoms with van der Waals surface area (Å²) in [4.78, 5) is 16.1. The van der Waals surface area contributed by atoms with Gasteiger partial charge in [0.15, 0.2) is 5.78 Å². The number of hydrogen-bond donors (Lipinski definition) is 0. The molecule has 2 atom stereocenters. The van der Waals surface area contributed by atoms with E-state index in [1.165, 1.54) is 30.4 Å². The molecule has 0 aliphatic carbocycles. The molecule has 2 aromatic carbocycles. The number of hydrogen-bond acceptors (Lipinski definition) is 2. The molecule has 0 radical (unpaired) electrons. The minimum absolute atomic E-state index is 0.187. The van der Waals surface area contributed by atoms with E-state index >= 15 is 0 Å². The lowest BCUT2D eigenvalue weighted by atomic mass is 9.74. The molecule has 2 aliphatic heterocycles. The van der Waals surface area contributed by atoms with Crippen LogP contribution in [0, 0.1) is 26.7 Å². The summed E-state index contributed by atoms with van der Waals surface area (Å²) >= 11 is 0. The molecule has 0 amide bonds. The maximum absolute atomic E-state index is 13.4. The third-order valence-electron chi connectivity index (χ3n) is 6.63. The van der Waals surface area contributed by atoms with E-state index in [1.807, 2.05) is 0 Å². The molecule has 2 fully saturated rings. The highest BCUT2D eigenvalue weighted by molar-refractivity contribution is 6.00. The van der Waals surface area contributed by atoms with Gasteiger partial charge in [-0.1, -0.05) is 54.4 Å². The summed E-state index contributed by atoms with van der Waals surface area (Å²) in [5, 5.41) is 0. The van der Waals surface area contributed by atoms with Gasteiger partial charge < -0.3 is 0 Å². The Morgan fingerprint density at radius 2 is 1.56 bits per heavy atom. The zero-order valence-corrected chi connectivity index (χ0v) is 16.9. The molecular weight excluding hydrogens is 330 g/mol. The van der Waals surface area contributed by atoms with Crippen LogP contribution >= 0.6 is 0 Å². The molecule has 2 aliphatic rings. The van der Waals surface area contributed by atoms with Crippen LogP contribution in [-0.4, -0.2) is 22.8 Å². The number of benzene rings is 2. The number of ketones is 1. The van der Waals surface area contributed by atoms with Crippen LogP contribution < -0.4 is 0 Å². The van der Waals surface area contributed by atoms with Crippen LogP contribution in [0.2, 0.25) is 0 Å². The van der Waals surface area contributed by atoms with Crippen molar-refractivity contribution in [2.75, 3.05) is 0 Å². The van der Waals surface area contributed by atoms with Gasteiger partial charge in [0.25, 0.3) is 0 Å². The monoisotopic (exact) mass is 361 g/mol. The molecule has 2 bridgehead atoms. The second-order valence-electron chi connectivity index (χ2n) is 8.70. The van der Waals surface area contributed by atoms with E-state index in [4.69, 9.17) is 0 Å². The van der Waals surface area contributed by atoms with E-state index in [0.717, 1.165) is 36.1 Å². The number of rotatable bonds is 4. The highest BCUT2D eigenvalue weighted by Gasteiger charge is 2.41. The van der Waals surface area contributed by atoms with Crippen molar-refractivity contribution in [1.82, 2.24) is 4.90 Å². The lowest BCUT2D eigenvalue weighted by Crippen LogP contribution is -2.52. The third kappa shape index (κ3) is 3.73. The Morgan fingerprint density at radius 1 is 0.963 bits per heavy atom. The molecule has 0 N–H and O–H groups in total. The molecule has 0 aromatic heterocycles. The van der Waals surface area contributed by atoms with E-state index < -0.39 is 0 Å². The van der Waals surface area contributed by atoms with Crippen molar-refractivity contribution < 1.29 is 4.79 Å². The molecule has 2 aromatic rings. The molecule has 4 rings (SSSR count). The summed E-state index contributed by atoms with van der Waals surface area (Å²) in [6.45, 7) is 7.33. The van der Waals surface area contributed by atoms with Gasteiger partial charge in [0.2, 0.25) is 0 Å². The van der Waals surface area contributed by atoms with Gasteiger partial charge in [-0.05, 0) is 63.1 Å². The summed E-state index contributed by atoms with van der Waals surface area (Å²) in [6.07, 6.45) is 5.83. The summed E-state index contributed by atoms with van der Waals surface area (Å²) < 4.78 is 0. The quantitative estimate of drug-likeness (QED) is 0.658. The van der Waals surface area contributed by atoms with Crippen LogP contribution in [0.25, 0.3) is 0 Å². The van der Waals surface area contributed by atoms with Crippen molar-refractivity contribution in [2.45, 2.75) is 71.5 Å². The smallest absolute Gasteiger partial charge is 0.166 e. The van der Waals surface area contributed by atoms with Crippen molar-refractivity contribution in [3.05, 3.63) is 70.3 Å². The second-order valence-corrected chi connectivity index (χ2v) is 8.70. The number of carbonyl (C=O) groups excluding carboxylic acids is 1. The maximum Gasteiger partial charge on any atom is 0.166 e. The van der Waals surface area contributed by atoms with E-state index in [-0.39, 0.29) is 5.92 Å². The largest absolute Gasteiger partial charge is 0.294 e. The van der Waals surface area contributed by atoms with Gasteiger partial charge in [0, 0.05) is 30.1 Å². The predicted molar refractivity (Wildman–Crippen MR) is 111 cm³/mol. The summed E-state index contributed by atoms with van der Waals surface area (Å²) in [7, 11) is 0. The Labute approximate surface area is 163 Å². The first-order valence-corrected chi connectivity index (χ1v) is 10.4. The van der Waals surface area contributed by atoms with E-state index in [0.29, 0.717) is 17.9 Å². The van der Waals surface area contributed by atoms with Crippen LogP contribution in [0.1, 0.15) is 64.7 Å². The minimum atomic E-state index is 0.187. The number of piperidine rings is 2. The van der Waals surface area contributed by atoms with Gasteiger partial charge in [0.05, 0.1) is 0 Å². The van der Waals surface area contributed by atoms with Gasteiger partial charge in [-0.25, -0.2) is 0 Å². The first-order chi connectivity index (χ1) is 13.0. The van der Waals surface area contributed by atoms with Crippen LogP contribution in [0.5, 0.6) is 0 Å². The molecule has 2 heterocycles. The van der Waals surface area contributed by atoms with E-state index in [2.05, 4.69) is 68.1 Å². The zero-order valence-electron chi connectivity index (χ0n) is 16.9. The molecular formula is C25H31NO. The van der Waals surface area contributed by atoms with Crippen LogP contribution in [0.15, 0.2) is 42.5 Å². The van der Waals surface area contributed by atoms with Gasteiger partial charge in [-0.3, -0.25) is 9.69 Å². The van der Waals surface area contributed by atoms with Crippen LogP contribution in [0.3, 0.4) is 0 Å². The molecule has 2 heteroatoms. The average molecular weight is 362 g/mol. The van der Waals surface area contributed by atoms with Crippen molar-refractivity contribution in [3.8, 4) is 0 Å². The lowest BCUT2D eigenvalue weighted by Gasteiger charge is -2.48. The summed E-state index contributed by atoms with van der Waals surface area (Å²) in [6, 6.07) is 16.2. The Kier molecular flexibility index (Phi) is 5.19. The Hall–Kier alpha value is -1.93. The number of nitrogens with zero attached hydrogens (tertiary/aromatic N) is 1. The Balaban J connectivity index is 1.54. The minimum Gasteiger partial charge on any atom is -0.294 e.